The molecule has 0 radical (unpaired) electrons. The summed E-state index contributed by atoms with van der Waals surface area (Å²) in [4.78, 5) is 2.35. The summed E-state index contributed by atoms with van der Waals surface area (Å²) in [6.07, 6.45) is 3.50. The molecule has 0 heterocycles. The van der Waals surface area contributed by atoms with Gasteiger partial charge in [-0.25, -0.2) is 0 Å². The molecule has 2 atom stereocenters. The minimum atomic E-state index is -0.223. The first-order valence-electron chi connectivity index (χ1n) is 6.32. The minimum Gasteiger partial charge on any atom is -0.390 e. The van der Waals surface area contributed by atoms with E-state index in [4.69, 9.17) is 0 Å². The molecular weight excluding hydrogens is 188 g/mol. The molecule has 0 aromatic heterocycles. The van der Waals surface area contributed by atoms with E-state index in [-0.39, 0.29) is 6.10 Å². The van der Waals surface area contributed by atoms with E-state index < -0.39 is 0 Å². The van der Waals surface area contributed by atoms with E-state index in [1.807, 2.05) is 0 Å². The number of nitrogens with one attached hydrogen (secondary N) is 1. The molecule has 1 rings (SSSR count). The molecular formula is C12H26N2O. The third-order valence-corrected chi connectivity index (χ3v) is 3.29. The zero-order valence-corrected chi connectivity index (χ0v) is 10.4. The SMILES string of the molecule is CCC(C)N(CC)CC(O)CNC1CC1. The second-order valence-corrected chi connectivity index (χ2v) is 4.68. The Morgan fingerprint density at radius 1 is 1.40 bits per heavy atom. The van der Waals surface area contributed by atoms with Crippen LogP contribution >= 0.6 is 0 Å². The summed E-state index contributed by atoms with van der Waals surface area (Å²) in [5.41, 5.74) is 0. The highest BCUT2D eigenvalue weighted by molar-refractivity contribution is 4.82. The van der Waals surface area contributed by atoms with Gasteiger partial charge in [-0.2, -0.15) is 0 Å². The van der Waals surface area contributed by atoms with Crippen molar-refractivity contribution in [2.45, 2.75) is 58.2 Å². The maximum Gasteiger partial charge on any atom is 0.0791 e. The van der Waals surface area contributed by atoms with Crippen LogP contribution in [0.5, 0.6) is 0 Å². The number of aliphatic hydroxyl groups excluding tert-OH is 1. The molecule has 3 nitrogen and oxygen atoms in total. The van der Waals surface area contributed by atoms with Crippen molar-refractivity contribution in [3.63, 3.8) is 0 Å². The lowest BCUT2D eigenvalue weighted by Gasteiger charge is -2.29. The Bertz CT molecular complexity index is 171. The smallest absolute Gasteiger partial charge is 0.0791 e. The summed E-state index contributed by atoms with van der Waals surface area (Å²) >= 11 is 0. The average Bonchev–Trinajstić information content (AvgIpc) is 3.05. The number of likely N-dealkylation sites (N-methyl/N-ethyl adjacent to an activating group) is 1. The molecule has 3 heteroatoms. The van der Waals surface area contributed by atoms with E-state index in [0.29, 0.717) is 12.1 Å². The zero-order chi connectivity index (χ0) is 11.3. The van der Waals surface area contributed by atoms with Gasteiger partial charge in [0.2, 0.25) is 0 Å². The molecule has 1 saturated carbocycles. The van der Waals surface area contributed by atoms with Gasteiger partial charge in [0.25, 0.3) is 0 Å². The van der Waals surface area contributed by atoms with Gasteiger partial charge in [-0.1, -0.05) is 13.8 Å². The molecule has 0 aromatic carbocycles. The Hall–Kier alpha value is -0.120. The first-order chi connectivity index (χ1) is 7.17. The monoisotopic (exact) mass is 214 g/mol. The molecule has 0 amide bonds. The van der Waals surface area contributed by atoms with Gasteiger partial charge < -0.3 is 10.4 Å². The molecule has 0 spiro atoms. The molecule has 90 valence electrons. The van der Waals surface area contributed by atoms with Crippen LogP contribution in [-0.2, 0) is 0 Å². The Labute approximate surface area is 93.9 Å². The third-order valence-electron chi connectivity index (χ3n) is 3.29. The van der Waals surface area contributed by atoms with E-state index in [9.17, 15) is 5.11 Å². The van der Waals surface area contributed by atoms with Gasteiger partial charge in [-0.05, 0) is 32.7 Å². The van der Waals surface area contributed by atoms with Gasteiger partial charge >= 0.3 is 0 Å². The van der Waals surface area contributed by atoms with Crippen LogP contribution in [0.3, 0.4) is 0 Å². The standard InChI is InChI=1S/C12H26N2O/c1-4-10(3)14(5-2)9-12(15)8-13-11-6-7-11/h10-13,15H,4-9H2,1-3H3. The van der Waals surface area contributed by atoms with Crippen LogP contribution in [0.1, 0.15) is 40.0 Å². The summed E-state index contributed by atoms with van der Waals surface area (Å²) in [5.74, 6) is 0. The molecule has 0 bridgehead atoms. The van der Waals surface area contributed by atoms with Gasteiger partial charge in [0.1, 0.15) is 0 Å². The van der Waals surface area contributed by atoms with Crippen molar-refractivity contribution < 1.29 is 5.11 Å². The van der Waals surface area contributed by atoms with E-state index in [0.717, 1.165) is 26.1 Å². The normalized spacial score (nSPS) is 20.6. The number of rotatable bonds is 8. The molecule has 1 aliphatic rings. The first kappa shape index (κ1) is 12.9. The van der Waals surface area contributed by atoms with Crippen LogP contribution < -0.4 is 5.32 Å². The second-order valence-electron chi connectivity index (χ2n) is 4.68. The largest absolute Gasteiger partial charge is 0.390 e. The van der Waals surface area contributed by atoms with Crippen LogP contribution in [-0.4, -0.2) is 47.8 Å². The van der Waals surface area contributed by atoms with E-state index in [1.54, 1.807) is 0 Å². The summed E-state index contributed by atoms with van der Waals surface area (Å²) in [7, 11) is 0. The summed E-state index contributed by atoms with van der Waals surface area (Å²) in [5, 5.41) is 13.2. The maximum atomic E-state index is 9.87. The quantitative estimate of drug-likeness (QED) is 0.638. The fourth-order valence-corrected chi connectivity index (χ4v) is 1.80. The summed E-state index contributed by atoms with van der Waals surface area (Å²) in [6.45, 7) is 9.15. The minimum absolute atomic E-state index is 0.223. The molecule has 1 aliphatic carbocycles. The zero-order valence-electron chi connectivity index (χ0n) is 10.4. The highest BCUT2D eigenvalue weighted by Crippen LogP contribution is 2.18. The van der Waals surface area contributed by atoms with E-state index in [2.05, 4.69) is 31.0 Å². The first-order valence-corrected chi connectivity index (χ1v) is 6.32. The fraction of sp³-hybridized carbons (Fsp3) is 1.00. The lowest BCUT2D eigenvalue weighted by Crippen LogP contribution is -2.42. The van der Waals surface area contributed by atoms with Crippen LogP contribution in [0.2, 0.25) is 0 Å². The topological polar surface area (TPSA) is 35.5 Å². The number of hydrogen-bond donors (Lipinski definition) is 2. The van der Waals surface area contributed by atoms with Crippen molar-refractivity contribution in [1.29, 1.82) is 0 Å². The molecule has 15 heavy (non-hydrogen) atoms. The second kappa shape index (κ2) is 6.46. The Kier molecular flexibility index (Phi) is 5.58. The van der Waals surface area contributed by atoms with E-state index >= 15 is 0 Å². The van der Waals surface area contributed by atoms with Crippen molar-refractivity contribution in [1.82, 2.24) is 10.2 Å². The number of aliphatic hydroxyl groups is 1. The summed E-state index contributed by atoms with van der Waals surface area (Å²) < 4.78 is 0. The fourth-order valence-electron chi connectivity index (χ4n) is 1.80. The van der Waals surface area contributed by atoms with Crippen molar-refractivity contribution in [2.24, 2.45) is 0 Å². The number of nitrogens with zero attached hydrogens (tertiary/aromatic N) is 1. The van der Waals surface area contributed by atoms with Gasteiger partial charge in [-0.15, -0.1) is 0 Å². The third kappa shape index (κ3) is 4.96. The van der Waals surface area contributed by atoms with Crippen LogP contribution in [0.4, 0.5) is 0 Å². The highest BCUT2D eigenvalue weighted by atomic mass is 16.3. The number of hydrogen-bond acceptors (Lipinski definition) is 3. The van der Waals surface area contributed by atoms with Crippen molar-refractivity contribution in [3.05, 3.63) is 0 Å². The van der Waals surface area contributed by atoms with Gasteiger partial charge in [-0.3, -0.25) is 4.90 Å². The van der Waals surface area contributed by atoms with Gasteiger partial charge in [0.05, 0.1) is 6.10 Å². The molecule has 2 N–H and O–H groups in total. The van der Waals surface area contributed by atoms with Crippen molar-refractivity contribution >= 4 is 0 Å². The lowest BCUT2D eigenvalue weighted by atomic mass is 10.2. The predicted octanol–water partition coefficient (Wildman–Crippen LogP) is 1.22. The van der Waals surface area contributed by atoms with Crippen LogP contribution in [0, 0.1) is 0 Å². The highest BCUT2D eigenvalue weighted by Gasteiger charge is 2.22. The molecule has 0 aromatic rings. The maximum absolute atomic E-state index is 9.87. The van der Waals surface area contributed by atoms with Gasteiger partial charge in [0.15, 0.2) is 0 Å². The molecule has 1 fully saturated rings. The average molecular weight is 214 g/mol. The van der Waals surface area contributed by atoms with Crippen molar-refractivity contribution in [2.75, 3.05) is 19.6 Å². The van der Waals surface area contributed by atoms with Gasteiger partial charge in [0, 0.05) is 25.2 Å². The molecule has 2 unspecified atom stereocenters. The lowest BCUT2D eigenvalue weighted by molar-refractivity contribution is 0.0923. The van der Waals surface area contributed by atoms with Crippen LogP contribution in [0.15, 0.2) is 0 Å². The predicted molar refractivity (Wildman–Crippen MR) is 64.0 cm³/mol. The van der Waals surface area contributed by atoms with Crippen LogP contribution in [0.25, 0.3) is 0 Å². The Morgan fingerprint density at radius 3 is 2.53 bits per heavy atom. The Morgan fingerprint density at radius 2 is 2.07 bits per heavy atom. The van der Waals surface area contributed by atoms with E-state index in [1.165, 1.54) is 12.8 Å². The summed E-state index contributed by atoms with van der Waals surface area (Å²) in [6, 6.07) is 1.27. The molecule has 0 saturated heterocycles. The Balaban J connectivity index is 2.16. The van der Waals surface area contributed by atoms with Crippen molar-refractivity contribution in [3.8, 4) is 0 Å². The molecule has 0 aliphatic heterocycles.